The standard InChI is InChI=1S/C26H44O4P2S/c1-7-31(8-2,9-3,23-25-19-15-13-16-20-25)29-33(27,28)30-32(10-4,11-5,12-6)24-26-21-17-14-18-22-26/h13-22H,7-12,23-24H2,1-6H3. The van der Waals surface area contributed by atoms with Gasteiger partial charge in [-0.2, -0.15) is 0 Å². The molecule has 2 aromatic carbocycles. The first-order chi connectivity index (χ1) is 15.6. The van der Waals surface area contributed by atoms with Crippen LogP contribution in [0.1, 0.15) is 52.7 Å². The zero-order valence-corrected chi connectivity index (χ0v) is 24.0. The zero-order valence-electron chi connectivity index (χ0n) is 21.4. The fourth-order valence-electron chi connectivity index (χ4n) is 5.00. The van der Waals surface area contributed by atoms with E-state index in [4.69, 9.17) is 7.94 Å². The number of benzene rings is 2. The van der Waals surface area contributed by atoms with Gasteiger partial charge in [-0.15, -0.1) is 0 Å². The first-order valence-corrected chi connectivity index (χ1v) is 19.5. The first-order valence-electron chi connectivity index (χ1n) is 12.3. The van der Waals surface area contributed by atoms with E-state index in [2.05, 4.69) is 65.8 Å². The fourth-order valence-corrected chi connectivity index (χ4v) is 18.7. The number of hydrogen-bond acceptors (Lipinski definition) is 4. The summed E-state index contributed by atoms with van der Waals surface area (Å²) in [5, 5.41) is 0. The van der Waals surface area contributed by atoms with Gasteiger partial charge in [0, 0.05) is 0 Å². The van der Waals surface area contributed by atoms with Crippen LogP contribution >= 0.6 is 13.7 Å². The van der Waals surface area contributed by atoms with Crippen molar-refractivity contribution < 1.29 is 16.4 Å². The summed E-state index contributed by atoms with van der Waals surface area (Å²) in [7, 11) is -4.21. The van der Waals surface area contributed by atoms with Crippen LogP contribution in [-0.4, -0.2) is 45.4 Å². The summed E-state index contributed by atoms with van der Waals surface area (Å²) in [4.78, 5) is 0. The third kappa shape index (κ3) is 6.24. The van der Waals surface area contributed by atoms with E-state index in [9.17, 15) is 8.42 Å². The van der Waals surface area contributed by atoms with Crippen molar-refractivity contribution >= 4 is 24.1 Å². The SMILES string of the molecule is CCP(CC)(CC)(Cc1ccccc1)OS(=O)(=O)OP(CC)(CC)(CC)Cc1ccccc1. The summed E-state index contributed by atoms with van der Waals surface area (Å²) in [6, 6.07) is 20.3. The predicted octanol–water partition coefficient (Wildman–Crippen LogP) is 7.72. The Hall–Kier alpha value is -0.830. The minimum atomic E-state index is -4.21. The van der Waals surface area contributed by atoms with Crippen LogP contribution in [0, 0.1) is 0 Å². The summed E-state index contributed by atoms with van der Waals surface area (Å²) < 4.78 is 40.5. The van der Waals surface area contributed by atoms with Gasteiger partial charge >= 0.3 is 203 Å². The molecule has 0 N–H and O–H groups in total. The molecule has 0 bridgehead atoms. The van der Waals surface area contributed by atoms with Crippen LogP contribution in [0.4, 0.5) is 0 Å². The Kier molecular flexibility index (Phi) is 9.33. The quantitative estimate of drug-likeness (QED) is 0.242. The molecule has 0 atom stereocenters. The molecule has 33 heavy (non-hydrogen) atoms. The molecule has 0 heterocycles. The second kappa shape index (κ2) is 10.8. The molecule has 0 aliphatic heterocycles. The molecular weight excluding hydrogens is 470 g/mol. The molecule has 0 radical (unpaired) electrons. The van der Waals surface area contributed by atoms with Crippen molar-refractivity contribution in [2.24, 2.45) is 0 Å². The second-order valence-corrected chi connectivity index (χ2v) is 23.3. The molecule has 0 saturated heterocycles. The fraction of sp³-hybridized carbons (Fsp3) is 0.538. The number of rotatable bonds is 14. The monoisotopic (exact) mass is 514 g/mol. The molecule has 0 unspecified atom stereocenters. The average molecular weight is 515 g/mol. The van der Waals surface area contributed by atoms with E-state index in [1.165, 1.54) is 0 Å². The van der Waals surface area contributed by atoms with E-state index in [1.54, 1.807) is 0 Å². The van der Waals surface area contributed by atoms with Crippen molar-refractivity contribution in [3.05, 3.63) is 71.8 Å². The van der Waals surface area contributed by atoms with E-state index in [0.717, 1.165) is 11.1 Å². The average Bonchev–Trinajstić information content (AvgIpc) is 2.84. The molecule has 7 heteroatoms. The summed E-state index contributed by atoms with van der Waals surface area (Å²) in [5.41, 5.74) is 2.25. The van der Waals surface area contributed by atoms with Gasteiger partial charge in [-0.3, -0.25) is 0 Å². The Morgan fingerprint density at radius 2 is 0.818 bits per heavy atom. The Labute approximate surface area is 202 Å². The van der Waals surface area contributed by atoms with Gasteiger partial charge in [-0.25, -0.2) is 0 Å². The zero-order chi connectivity index (χ0) is 24.7. The third-order valence-corrected chi connectivity index (χ3v) is 25.0. The van der Waals surface area contributed by atoms with Gasteiger partial charge in [0.1, 0.15) is 0 Å². The minimum absolute atomic E-state index is 0.650. The molecule has 0 amide bonds. The molecule has 0 spiro atoms. The number of hydrogen-bond donors (Lipinski definition) is 0. The normalized spacial score (nSPS) is 15.3. The van der Waals surface area contributed by atoms with E-state index < -0.39 is 24.1 Å². The van der Waals surface area contributed by atoms with E-state index in [1.807, 2.05) is 36.4 Å². The molecule has 0 aromatic heterocycles. The predicted molar refractivity (Wildman–Crippen MR) is 148 cm³/mol. The van der Waals surface area contributed by atoms with Crippen LogP contribution in [0.2, 0.25) is 0 Å². The van der Waals surface area contributed by atoms with Gasteiger partial charge in [-0.05, 0) is 0 Å². The molecule has 2 aromatic rings. The third-order valence-electron chi connectivity index (χ3n) is 8.25. The van der Waals surface area contributed by atoms with Crippen molar-refractivity contribution in [1.29, 1.82) is 0 Å². The molecule has 4 nitrogen and oxygen atoms in total. The van der Waals surface area contributed by atoms with Gasteiger partial charge < -0.3 is 0 Å². The van der Waals surface area contributed by atoms with Gasteiger partial charge in [0.25, 0.3) is 0 Å². The topological polar surface area (TPSA) is 52.6 Å². The maximum atomic E-state index is 13.8. The van der Waals surface area contributed by atoms with Crippen molar-refractivity contribution in [2.45, 2.75) is 53.9 Å². The molecule has 0 aliphatic rings. The van der Waals surface area contributed by atoms with Crippen molar-refractivity contribution in [2.75, 3.05) is 37.0 Å². The van der Waals surface area contributed by atoms with Gasteiger partial charge in [0.05, 0.1) is 0 Å². The second-order valence-electron chi connectivity index (χ2n) is 9.46. The Morgan fingerprint density at radius 3 is 1.06 bits per heavy atom. The van der Waals surface area contributed by atoms with E-state index in [-0.39, 0.29) is 0 Å². The van der Waals surface area contributed by atoms with Crippen LogP contribution in [0.5, 0.6) is 0 Å². The van der Waals surface area contributed by atoms with Crippen LogP contribution in [0.15, 0.2) is 60.7 Å². The Morgan fingerprint density at radius 1 is 0.545 bits per heavy atom. The van der Waals surface area contributed by atoms with Crippen LogP contribution in [-0.2, 0) is 30.7 Å². The first kappa shape index (κ1) is 28.4. The van der Waals surface area contributed by atoms with Crippen LogP contribution < -0.4 is 0 Å². The maximum absolute atomic E-state index is 13.8. The van der Waals surface area contributed by atoms with Gasteiger partial charge in [0.15, 0.2) is 0 Å². The molecule has 2 rings (SSSR count). The summed E-state index contributed by atoms with van der Waals surface area (Å²) >= 11 is 0. The molecule has 0 aliphatic carbocycles. The van der Waals surface area contributed by atoms with Gasteiger partial charge in [-0.1, -0.05) is 0 Å². The molecule has 0 saturated carbocycles. The van der Waals surface area contributed by atoms with E-state index >= 15 is 0 Å². The van der Waals surface area contributed by atoms with Crippen molar-refractivity contribution in [3.63, 3.8) is 0 Å². The summed E-state index contributed by atoms with van der Waals surface area (Å²) in [5.74, 6) is 0. The van der Waals surface area contributed by atoms with Crippen molar-refractivity contribution in [3.8, 4) is 0 Å². The van der Waals surface area contributed by atoms with Crippen molar-refractivity contribution in [1.82, 2.24) is 0 Å². The molecule has 0 fully saturated rings. The molecule has 188 valence electrons. The summed E-state index contributed by atoms with van der Waals surface area (Å²) in [6.45, 7) is 6.26. The van der Waals surface area contributed by atoms with Crippen LogP contribution in [0.3, 0.4) is 0 Å². The van der Waals surface area contributed by atoms with Gasteiger partial charge in [0.2, 0.25) is 0 Å². The summed E-state index contributed by atoms with van der Waals surface area (Å²) in [6.07, 6.45) is 5.52. The Balaban J connectivity index is 2.51. The Bertz CT molecular complexity index is 888. The van der Waals surface area contributed by atoms with E-state index in [0.29, 0.717) is 49.3 Å². The molecular formula is C26H44O4P2S. The van der Waals surface area contributed by atoms with Crippen LogP contribution in [0.25, 0.3) is 0 Å².